The van der Waals surface area contributed by atoms with Crippen LogP contribution in [0, 0.1) is 6.92 Å². The monoisotopic (exact) mass is 459 g/mol. The van der Waals surface area contributed by atoms with Crippen LogP contribution in [0.15, 0.2) is 65.3 Å². The van der Waals surface area contributed by atoms with Gasteiger partial charge in [0.2, 0.25) is 5.91 Å². The molecule has 34 heavy (non-hydrogen) atoms. The van der Waals surface area contributed by atoms with Gasteiger partial charge in [-0.2, -0.15) is 0 Å². The van der Waals surface area contributed by atoms with E-state index in [0.717, 1.165) is 52.9 Å². The summed E-state index contributed by atoms with van der Waals surface area (Å²) in [5.74, 6) is 0.127. The molecule has 1 N–H and O–H groups in total. The number of fused-ring (bicyclic) bond motifs is 1. The Hall–Kier alpha value is -3.87. The number of carbonyl (C=O) groups is 2. The summed E-state index contributed by atoms with van der Waals surface area (Å²) in [7, 11) is 1.33. The zero-order valence-electron chi connectivity index (χ0n) is 19.7. The van der Waals surface area contributed by atoms with Gasteiger partial charge in [-0.1, -0.05) is 47.1 Å². The number of aromatic nitrogens is 2. The highest BCUT2D eigenvalue weighted by molar-refractivity contribution is 5.87. The highest BCUT2D eigenvalue weighted by atomic mass is 16.5. The van der Waals surface area contributed by atoms with Crippen molar-refractivity contribution in [2.75, 3.05) is 7.11 Å². The topological polar surface area (TPSA) is 86.4 Å². The highest BCUT2D eigenvalue weighted by Gasteiger charge is 2.22. The first-order chi connectivity index (χ1) is 16.4. The number of hydrogen-bond acceptors (Lipinski definition) is 5. The molecule has 0 radical (unpaired) electrons. The van der Waals surface area contributed by atoms with Gasteiger partial charge in [0.1, 0.15) is 17.5 Å². The van der Waals surface area contributed by atoms with Gasteiger partial charge in [0, 0.05) is 55.0 Å². The smallest absolute Gasteiger partial charge is 0.328 e. The van der Waals surface area contributed by atoms with E-state index in [-0.39, 0.29) is 5.91 Å². The third-order valence-corrected chi connectivity index (χ3v) is 5.85. The molecule has 0 bridgehead atoms. The molecule has 4 rings (SSSR count). The van der Waals surface area contributed by atoms with Crippen molar-refractivity contribution in [1.29, 1.82) is 0 Å². The van der Waals surface area contributed by atoms with Crippen molar-refractivity contribution >= 4 is 22.8 Å². The number of amides is 1. The molecular weight excluding hydrogens is 430 g/mol. The summed E-state index contributed by atoms with van der Waals surface area (Å²) >= 11 is 0. The van der Waals surface area contributed by atoms with Crippen LogP contribution in [0.2, 0.25) is 0 Å². The van der Waals surface area contributed by atoms with Gasteiger partial charge in [0.25, 0.3) is 0 Å². The second kappa shape index (κ2) is 10.4. The number of rotatable bonds is 9. The molecule has 0 saturated heterocycles. The van der Waals surface area contributed by atoms with Crippen LogP contribution in [0.4, 0.5) is 0 Å². The first kappa shape index (κ1) is 23.3. The summed E-state index contributed by atoms with van der Waals surface area (Å²) in [5.41, 5.74) is 5.16. The van der Waals surface area contributed by atoms with E-state index in [1.54, 1.807) is 0 Å². The van der Waals surface area contributed by atoms with Crippen LogP contribution < -0.4 is 5.32 Å². The van der Waals surface area contributed by atoms with Gasteiger partial charge in [0.05, 0.1) is 7.11 Å². The minimum atomic E-state index is -0.726. The van der Waals surface area contributed by atoms with Crippen molar-refractivity contribution in [3.63, 3.8) is 0 Å². The summed E-state index contributed by atoms with van der Waals surface area (Å²) in [6, 6.07) is 17.6. The van der Waals surface area contributed by atoms with E-state index in [1.807, 2.05) is 36.4 Å². The zero-order chi connectivity index (χ0) is 24.1. The second-order valence-corrected chi connectivity index (χ2v) is 8.50. The number of nitrogens with zero attached hydrogens (tertiary/aromatic N) is 2. The Morgan fingerprint density at radius 1 is 1.15 bits per heavy atom. The molecule has 0 aliphatic heterocycles. The molecule has 0 saturated carbocycles. The van der Waals surface area contributed by atoms with Gasteiger partial charge in [0.15, 0.2) is 0 Å². The summed E-state index contributed by atoms with van der Waals surface area (Å²) in [6.45, 7) is 4.24. The van der Waals surface area contributed by atoms with Gasteiger partial charge < -0.3 is 19.1 Å². The van der Waals surface area contributed by atoms with E-state index in [9.17, 15) is 9.59 Å². The van der Waals surface area contributed by atoms with Crippen molar-refractivity contribution < 1.29 is 18.8 Å². The number of para-hydroxylation sites is 1. The maximum absolute atomic E-state index is 12.2. The van der Waals surface area contributed by atoms with Crippen LogP contribution in [0.3, 0.4) is 0 Å². The number of carbonyl (C=O) groups excluding carboxylic acids is 2. The summed E-state index contributed by atoms with van der Waals surface area (Å²) in [6.07, 6.45) is 4.05. The van der Waals surface area contributed by atoms with Gasteiger partial charge in [-0.05, 0) is 31.0 Å². The van der Waals surface area contributed by atoms with Crippen LogP contribution in [0.5, 0.6) is 0 Å². The fraction of sp³-hybridized carbons (Fsp3) is 0.296. The molecular formula is C27H29N3O4. The Kier molecular flexibility index (Phi) is 7.11. The lowest BCUT2D eigenvalue weighted by Gasteiger charge is -2.14. The minimum absolute atomic E-state index is 0.267. The predicted molar refractivity (Wildman–Crippen MR) is 130 cm³/mol. The number of hydrogen-bond donors (Lipinski definition) is 1. The van der Waals surface area contributed by atoms with Crippen molar-refractivity contribution in [1.82, 2.24) is 15.0 Å². The molecule has 4 aromatic rings. The maximum Gasteiger partial charge on any atom is 0.328 e. The third kappa shape index (κ3) is 5.36. The lowest BCUT2D eigenvalue weighted by atomic mass is 10.1. The lowest BCUT2D eigenvalue weighted by Crippen LogP contribution is -2.41. The molecule has 0 spiro atoms. The molecule has 1 atom stereocenters. The first-order valence-corrected chi connectivity index (χ1v) is 11.4. The SMILES string of the molecule is COC(=O)C(Cc1cn(CCCc2cc(-c3cccc(C)c3)no2)c2ccccc12)NC(C)=O. The van der Waals surface area contributed by atoms with Crippen molar-refractivity contribution in [3.8, 4) is 11.3 Å². The molecule has 7 heteroatoms. The van der Waals surface area contributed by atoms with Crippen LogP contribution in [0.1, 0.15) is 30.2 Å². The van der Waals surface area contributed by atoms with E-state index >= 15 is 0 Å². The normalized spacial score (nSPS) is 12.0. The Morgan fingerprint density at radius 2 is 1.97 bits per heavy atom. The lowest BCUT2D eigenvalue weighted by molar-refractivity contribution is -0.144. The maximum atomic E-state index is 12.2. The first-order valence-electron chi connectivity index (χ1n) is 11.4. The number of methoxy groups -OCH3 is 1. The third-order valence-electron chi connectivity index (χ3n) is 5.85. The average molecular weight is 460 g/mol. The average Bonchev–Trinajstić information content (AvgIpc) is 3.43. The molecule has 7 nitrogen and oxygen atoms in total. The summed E-state index contributed by atoms with van der Waals surface area (Å²) in [4.78, 5) is 23.8. The van der Waals surface area contributed by atoms with E-state index in [4.69, 9.17) is 9.26 Å². The Balaban J connectivity index is 1.47. The molecule has 2 aromatic heterocycles. The van der Waals surface area contributed by atoms with Crippen molar-refractivity contribution in [3.05, 3.63) is 77.7 Å². The zero-order valence-corrected chi connectivity index (χ0v) is 19.7. The standard InChI is InChI=1S/C27H29N3O4/c1-18-8-6-9-20(14-18)24-16-22(34-29-24)10-7-13-30-17-21(23-11-4-5-12-26(23)30)15-25(27(32)33-3)28-19(2)31/h4-6,8-9,11-12,14,16-17,25H,7,10,13,15H2,1-3H3,(H,28,31). The minimum Gasteiger partial charge on any atom is -0.467 e. The van der Waals surface area contributed by atoms with E-state index < -0.39 is 12.0 Å². The van der Waals surface area contributed by atoms with Gasteiger partial charge in [-0.3, -0.25) is 4.79 Å². The number of benzene rings is 2. The van der Waals surface area contributed by atoms with Crippen LogP contribution in [-0.4, -0.2) is 34.8 Å². The van der Waals surface area contributed by atoms with Gasteiger partial charge >= 0.3 is 5.97 Å². The van der Waals surface area contributed by atoms with Crippen molar-refractivity contribution in [2.45, 2.75) is 45.7 Å². The molecule has 2 aromatic carbocycles. The molecule has 0 aliphatic carbocycles. The van der Waals surface area contributed by atoms with E-state index in [1.165, 1.54) is 19.6 Å². The fourth-order valence-electron chi connectivity index (χ4n) is 4.27. The Morgan fingerprint density at radius 3 is 2.74 bits per heavy atom. The molecule has 1 amide bonds. The largest absolute Gasteiger partial charge is 0.467 e. The molecule has 0 aliphatic rings. The summed E-state index contributed by atoms with van der Waals surface area (Å²) in [5, 5.41) is 7.98. The van der Waals surface area contributed by atoms with E-state index in [0.29, 0.717) is 6.42 Å². The Labute approximate surface area is 198 Å². The molecule has 176 valence electrons. The molecule has 1 unspecified atom stereocenters. The van der Waals surface area contributed by atoms with Gasteiger partial charge in [-0.25, -0.2) is 4.79 Å². The summed E-state index contributed by atoms with van der Waals surface area (Å²) < 4.78 is 12.6. The molecule has 2 heterocycles. The van der Waals surface area contributed by atoms with Crippen LogP contribution in [-0.2, 0) is 33.7 Å². The van der Waals surface area contributed by atoms with Gasteiger partial charge in [-0.15, -0.1) is 0 Å². The number of nitrogens with one attached hydrogen (secondary N) is 1. The quantitative estimate of drug-likeness (QED) is 0.374. The van der Waals surface area contributed by atoms with Crippen LogP contribution in [0.25, 0.3) is 22.2 Å². The van der Waals surface area contributed by atoms with Crippen molar-refractivity contribution in [2.24, 2.45) is 0 Å². The second-order valence-electron chi connectivity index (χ2n) is 8.50. The number of ether oxygens (including phenoxy) is 1. The van der Waals surface area contributed by atoms with E-state index in [2.05, 4.69) is 46.4 Å². The number of aryl methyl sites for hydroxylation is 3. The highest BCUT2D eigenvalue weighted by Crippen LogP contribution is 2.24. The van der Waals surface area contributed by atoms with Crippen LogP contribution >= 0.6 is 0 Å². The predicted octanol–water partition coefficient (Wildman–Crippen LogP) is 4.46. The molecule has 0 fully saturated rings. The Bertz CT molecular complexity index is 1300. The fourth-order valence-corrected chi connectivity index (χ4v) is 4.27. The number of esters is 1.